The quantitative estimate of drug-likeness (QED) is 0.746. The zero-order valence-corrected chi connectivity index (χ0v) is 11.5. The minimum Gasteiger partial charge on any atom is -0.452 e. The maximum atomic E-state index is 12.1. The Labute approximate surface area is 127 Å². The van der Waals surface area contributed by atoms with Gasteiger partial charge in [0, 0.05) is 14.0 Å². The highest BCUT2D eigenvalue weighted by molar-refractivity contribution is 5.88. The van der Waals surface area contributed by atoms with E-state index in [2.05, 4.69) is 4.74 Å². The number of carbonyl (C=O) groups excluding carboxylic acids is 1. The molecular weight excluding hydrogens is 325 g/mol. The Morgan fingerprint density at radius 1 is 1.61 bits per heavy atom. The number of hydrogen-bond donors (Lipinski definition) is 2. The predicted octanol–water partition coefficient (Wildman–Crippen LogP) is -0.0760. The lowest BCUT2D eigenvalue weighted by Crippen LogP contribution is -2.36. The van der Waals surface area contributed by atoms with Crippen LogP contribution in [0.1, 0.15) is 31.3 Å². The van der Waals surface area contributed by atoms with Crippen molar-refractivity contribution in [2.24, 2.45) is 0 Å². The largest absolute Gasteiger partial charge is 0.452 e. The van der Waals surface area contributed by atoms with Gasteiger partial charge in [0.2, 0.25) is 0 Å². The fraction of sp³-hybridized carbons (Fsp3) is 0.583. The number of nitrogens with one attached hydrogen (secondary N) is 1. The van der Waals surface area contributed by atoms with Gasteiger partial charge in [-0.3, -0.25) is 14.3 Å². The molecule has 11 heteroatoms. The Morgan fingerprint density at radius 3 is 2.87 bits per heavy atom. The van der Waals surface area contributed by atoms with E-state index in [4.69, 9.17) is 6.11 Å². The molecule has 1 saturated heterocycles. The Kier molecular flexibility index (Phi) is 4.22. The highest BCUT2D eigenvalue weighted by atomic mass is 19.4. The third-order valence-electron chi connectivity index (χ3n) is 3.07. The average Bonchev–Trinajstić information content (AvgIpc) is 2.85. The first-order chi connectivity index (χ1) is 11.1. The van der Waals surface area contributed by atoms with Gasteiger partial charge in [-0.2, -0.15) is 13.2 Å². The van der Waals surface area contributed by atoms with Crippen LogP contribution in [0.3, 0.4) is 0 Å². The molecule has 3 atom stereocenters. The lowest BCUT2D eigenvalue weighted by atomic mass is 10.2. The van der Waals surface area contributed by atoms with Crippen molar-refractivity contribution >= 4 is 5.97 Å². The zero-order valence-electron chi connectivity index (χ0n) is 12.5. The van der Waals surface area contributed by atoms with Gasteiger partial charge >= 0.3 is 17.8 Å². The minimum atomic E-state index is -4.77. The number of alkyl halides is 3. The Hall–Kier alpha value is -2.14. The smallest absolute Gasteiger partial charge is 0.422 e. The lowest BCUT2D eigenvalue weighted by Gasteiger charge is -2.14. The molecule has 0 aromatic carbocycles. The van der Waals surface area contributed by atoms with E-state index in [-0.39, 0.29) is 13.3 Å². The van der Waals surface area contributed by atoms with Crippen LogP contribution in [0.2, 0.25) is 0 Å². The number of aliphatic hydroxyl groups is 1. The van der Waals surface area contributed by atoms with Crippen LogP contribution in [-0.4, -0.2) is 45.6 Å². The maximum Gasteiger partial charge on any atom is 0.422 e. The predicted molar refractivity (Wildman–Crippen MR) is 67.9 cm³/mol. The number of halogens is 3. The topological polar surface area (TPSA) is 111 Å². The van der Waals surface area contributed by atoms with Crippen LogP contribution >= 0.6 is 0 Å². The summed E-state index contributed by atoms with van der Waals surface area (Å²) in [5.74, 6) is -1.56. The molecule has 1 unspecified atom stereocenters. The number of ether oxygens (including phenoxy) is 2. The second-order valence-electron chi connectivity index (χ2n) is 4.83. The van der Waals surface area contributed by atoms with Crippen molar-refractivity contribution in [3.05, 3.63) is 32.6 Å². The van der Waals surface area contributed by atoms with E-state index < -0.39 is 54.0 Å². The van der Waals surface area contributed by atoms with Crippen molar-refractivity contribution in [2.45, 2.75) is 37.9 Å². The highest BCUT2D eigenvalue weighted by Gasteiger charge is 2.34. The maximum absolute atomic E-state index is 12.1. The van der Waals surface area contributed by atoms with Gasteiger partial charge in [-0.05, 0) is 6.90 Å². The Balaban J connectivity index is 2.27. The molecule has 0 amide bonds. The van der Waals surface area contributed by atoms with E-state index in [1.807, 2.05) is 0 Å². The van der Waals surface area contributed by atoms with E-state index in [0.29, 0.717) is 6.20 Å². The first-order valence-corrected chi connectivity index (χ1v) is 6.34. The Morgan fingerprint density at radius 2 is 2.30 bits per heavy atom. The summed E-state index contributed by atoms with van der Waals surface area (Å²) in [5.41, 5.74) is -3.00. The van der Waals surface area contributed by atoms with Gasteiger partial charge in [-0.15, -0.1) is 0 Å². The third-order valence-corrected chi connectivity index (χ3v) is 3.07. The molecule has 0 spiro atoms. The monoisotopic (exact) mass is 339 g/mol. The van der Waals surface area contributed by atoms with E-state index in [1.165, 1.54) is 0 Å². The number of carbonyl (C=O) groups is 1. The normalized spacial score (nSPS) is 25.2. The molecule has 8 nitrogen and oxygen atoms in total. The molecule has 2 rings (SSSR count). The molecule has 2 N–H and O–H groups in total. The molecule has 1 aliphatic rings. The standard InChI is InChI=1S/C12H13F3N2O6/c1-5-7(18)2-8(23-5)17-3-6(9(19)16-11(17)21)10(20)22-4-12(13,14)15/h3,5,7-8,18H,2,4H2,1H3,(H,16,19,21)/t5-,7?,8-/m1/s1/i1D. The summed E-state index contributed by atoms with van der Waals surface area (Å²) in [6.07, 6.45) is -7.12. The van der Waals surface area contributed by atoms with Crippen molar-refractivity contribution in [1.29, 1.82) is 0 Å². The van der Waals surface area contributed by atoms with Crippen molar-refractivity contribution < 1.29 is 33.9 Å². The first kappa shape index (κ1) is 15.7. The van der Waals surface area contributed by atoms with Crippen LogP contribution < -0.4 is 11.2 Å². The fourth-order valence-corrected chi connectivity index (χ4v) is 1.96. The lowest BCUT2D eigenvalue weighted by molar-refractivity contribution is -0.161. The van der Waals surface area contributed by atoms with Crippen molar-refractivity contribution in [3.63, 3.8) is 0 Å². The molecule has 0 bridgehead atoms. The summed E-state index contributed by atoms with van der Waals surface area (Å²) in [6, 6.07) is 0. The van der Waals surface area contributed by atoms with Gasteiger partial charge in [0.25, 0.3) is 5.56 Å². The van der Waals surface area contributed by atoms with E-state index in [0.717, 1.165) is 4.57 Å². The van der Waals surface area contributed by atoms with Gasteiger partial charge < -0.3 is 14.6 Å². The fourth-order valence-electron chi connectivity index (χ4n) is 1.96. The van der Waals surface area contributed by atoms with E-state index in [9.17, 15) is 32.7 Å². The third kappa shape index (κ3) is 3.99. The molecule has 23 heavy (non-hydrogen) atoms. The number of aromatic nitrogens is 2. The number of nitrogens with zero attached hydrogens (tertiary/aromatic N) is 1. The molecule has 1 aromatic heterocycles. The molecule has 128 valence electrons. The second kappa shape index (κ2) is 6.16. The average molecular weight is 339 g/mol. The number of H-pyrrole nitrogens is 1. The summed E-state index contributed by atoms with van der Waals surface area (Å²) >= 11 is 0. The highest BCUT2D eigenvalue weighted by Crippen LogP contribution is 2.27. The summed E-state index contributed by atoms with van der Waals surface area (Å²) in [6.45, 7) is -2.17. The van der Waals surface area contributed by atoms with E-state index in [1.54, 1.807) is 4.98 Å². The number of esters is 1. The second-order valence-corrected chi connectivity index (χ2v) is 4.83. The van der Waals surface area contributed by atoms with Gasteiger partial charge in [-0.25, -0.2) is 9.59 Å². The number of aliphatic hydroxyl groups excluding tert-OH is 1. The minimum absolute atomic E-state index is 0.0907. The first-order valence-electron chi connectivity index (χ1n) is 7.05. The molecule has 0 aliphatic carbocycles. The molecule has 0 saturated carbocycles. The van der Waals surface area contributed by atoms with Crippen molar-refractivity contribution in [1.82, 2.24) is 9.55 Å². The number of aromatic amines is 1. The van der Waals surface area contributed by atoms with Gasteiger partial charge in [0.1, 0.15) is 11.8 Å². The summed E-state index contributed by atoms with van der Waals surface area (Å²) in [7, 11) is 0. The number of rotatable bonds is 3. The van der Waals surface area contributed by atoms with Crippen LogP contribution in [-0.2, 0) is 9.47 Å². The summed E-state index contributed by atoms with van der Waals surface area (Å²) < 4.78 is 53.4. The molecule has 2 heterocycles. The molecule has 1 aliphatic heterocycles. The van der Waals surface area contributed by atoms with Gasteiger partial charge in [-0.1, -0.05) is 0 Å². The van der Waals surface area contributed by atoms with Crippen LogP contribution in [0.15, 0.2) is 15.8 Å². The van der Waals surface area contributed by atoms with Crippen LogP contribution in [0.4, 0.5) is 13.2 Å². The number of hydrogen-bond acceptors (Lipinski definition) is 6. The van der Waals surface area contributed by atoms with Crippen LogP contribution in [0.5, 0.6) is 0 Å². The van der Waals surface area contributed by atoms with Crippen LogP contribution in [0, 0.1) is 0 Å². The molecule has 1 fully saturated rings. The molecule has 1 aromatic rings. The zero-order chi connectivity index (χ0) is 18.1. The van der Waals surface area contributed by atoms with Crippen molar-refractivity contribution in [3.8, 4) is 0 Å². The van der Waals surface area contributed by atoms with E-state index >= 15 is 0 Å². The van der Waals surface area contributed by atoms with Gasteiger partial charge in [0.05, 0.1) is 12.2 Å². The molecule has 0 radical (unpaired) electrons. The Bertz CT molecular complexity index is 731. The summed E-state index contributed by atoms with van der Waals surface area (Å²) in [5, 5.41) is 9.67. The van der Waals surface area contributed by atoms with Crippen LogP contribution in [0.25, 0.3) is 0 Å². The summed E-state index contributed by atoms with van der Waals surface area (Å²) in [4.78, 5) is 36.7. The van der Waals surface area contributed by atoms with Gasteiger partial charge in [0.15, 0.2) is 6.61 Å². The molecular formula is C12H13F3N2O6. The SMILES string of the molecule is [2H]C[C@H]1O[C@@H](n2cc(C(=O)OCC(F)(F)F)c(=O)[nH]c2=O)CC1O. The van der Waals surface area contributed by atoms with Crippen molar-refractivity contribution in [2.75, 3.05) is 6.61 Å².